The molecule has 0 aliphatic carbocycles. The Bertz CT molecular complexity index is 607. The average Bonchev–Trinajstić information content (AvgIpc) is 2.85. The van der Waals surface area contributed by atoms with Crippen LogP contribution in [-0.4, -0.2) is 29.5 Å². The minimum Gasteiger partial charge on any atom is -0.486 e. The van der Waals surface area contributed by atoms with Gasteiger partial charge in [-0.1, -0.05) is 6.92 Å². The summed E-state index contributed by atoms with van der Waals surface area (Å²) in [4.78, 5) is 0. The molecule has 20 heavy (non-hydrogen) atoms. The maximum Gasteiger partial charge on any atom is 0.162 e. The predicted molar refractivity (Wildman–Crippen MR) is 77.0 cm³/mol. The Kier molecular flexibility index (Phi) is 3.60. The van der Waals surface area contributed by atoms with Crippen molar-refractivity contribution in [1.29, 1.82) is 0 Å². The van der Waals surface area contributed by atoms with E-state index >= 15 is 0 Å². The number of ether oxygens (including phenoxy) is 2. The number of aryl methyl sites for hydroxylation is 1. The minimum atomic E-state index is 0.600. The van der Waals surface area contributed by atoms with Crippen LogP contribution < -0.4 is 14.8 Å². The molecule has 0 amide bonds. The van der Waals surface area contributed by atoms with E-state index in [1.807, 2.05) is 29.9 Å². The zero-order valence-electron chi connectivity index (χ0n) is 11.8. The Morgan fingerprint density at radius 1 is 1.25 bits per heavy atom. The Morgan fingerprint density at radius 2 is 2.05 bits per heavy atom. The number of aromatic nitrogens is 2. The third-order valence-electron chi connectivity index (χ3n) is 3.29. The molecule has 0 atom stereocenters. The molecule has 2 aromatic rings. The lowest BCUT2D eigenvalue weighted by molar-refractivity contribution is 0.171. The molecular formula is C15H19N3O2. The summed E-state index contributed by atoms with van der Waals surface area (Å²) in [7, 11) is 1.94. The van der Waals surface area contributed by atoms with Gasteiger partial charge in [-0.05, 0) is 24.7 Å². The van der Waals surface area contributed by atoms with Gasteiger partial charge in [0.15, 0.2) is 11.5 Å². The van der Waals surface area contributed by atoms with E-state index in [9.17, 15) is 0 Å². The first-order chi connectivity index (χ1) is 9.78. The van der Waals surface area contributed by atoms with Crippen LogP contribution in [0.1, 0.15) is 12.5 Å². The van der Waals surface area contributed by atoms with E-state index in [-0.39, 0.29) is 0 Å². The molecule has 2 heterocycles. The fourth-order valence-electron chi connectivity index (χ4n) is 2.36. The number of nitrogens with one attached hydrogen (secondary N) is 1. The molecule has 5 nitrogen and oxygen atoms in total. The van der Waals surface area contributed by atoms with E-state index in [0.717, 1.165) is 35.8 Å². The van der Waals surface area contributed by atoms with Crippen LogP contribution in [0.2, 0.25) is 0 Å². The summed E-state index contributed by atoms with van der Waals surface area (Å²) in [6.07, 6.45) is 2.05. The van der Waals surface area contributed by atoms with Crippen molar-refractivity contribution in [1.82, 2.24) is 15.1 Å². The number of benzene rings is 1. The number of nitrogens with zero attached hydrogens (tertiary/aromatic N) is 2. The molecule has 3 rings (SSSR count). The molecule has 1 aliphatic heterocycles. The van der Waals surface area contributed by atoms with Crippen molar-refractivity contribution < 1.29 is 9.47 Å². The van der Waals surface area contributed by atoms with Crippen LogP contribution in [0, 0.1) is 0 Å². The van der Waals surface area contributed by atoms with Gasteiger partial charge in [-0.25, -0.2) is 0 Å². The second-order valence-electron chi connectivity index (χ2n) is 4.82. The van der Waals surface area contributed by atoms with Crippen LogP contribution in [0.4, 0.5) is 0 Å². The van der Waals surface area contributed by atoms with Gasteiger partial charge in [0.25, 0.3) is 0 Å². The Balaban J connectivity index is 1.96. The van der Waals surface area contributed by atoms with E-state index in [4.69, 9.17) is 9.47 Å². The van der Waals surface area contributed by atoms with Crippen LogP contribution >= 0.6 is 0 Å². The third kappa shape index (κ3) is 2.49. The second kappa shape index (κ2) is 5.54. The molecule has 1 N–H and O–H groups in total. The van der Waals surface area contributed by atoms with E-state index in [2.05, 4.69) is 23.5 Å². The average molecular weight is 273 g/mol. The number of fused-ring (bicyclic) bond motifs is 1. The lowest BCUT2D eigenvalue weighted by Gasteiger charge is -2.18. The van der Waals surface area contributed by atoms with Gasteiger partial charge in [0, 0.05) is 30.9 Å². The van der Waals surface area contributed by atoms with E-state index in [0.29, 0.717) is 13.2 Å². The van der Waals surface area contributed by atoms with Crippen molar-refractivity contribution in [2.24, 2.45) is 7.05 Å². The van der Waals surface area contributed by atoms with Gasteiger partial charge in [0.2, 0.25) is 0 Å². The molecule has 5 heteroatoms. The lowest BCUT2D eigenvalue weighted by Crippen LogP contribution is -2.15. The van der Waals surface area contributed by atoms with Crippen LogP contribution in [0.25, 0.3) is 11.3 Å². The van der Waals surface area contributed by atoms with Gasteiger partial charge >= 0.3 is 0 Å². The van der Waals surface area contributed by atoms with Crippen LogP contribution in [-0.2, 0) is 13.6 Å². The molecule has 0 saturated carbocycles. The molecule has 0 saturated heterocycles. The standard InChI is InChI=1S/C15H19N3O2/c1-3-16-9-12-10-18(2)17-15(12)11-4-5-13-14(8-11)20-7-6-19-13/h4-5,8,10,16H,3,6-7,9H2,1-2H3. The first kappa shape index (κ1) is 13.0. The summed E-state index contributed by atoms with van der Waals surface area (Å²) >= 11 is 0. The highest BCUT2D eigenvalue weighted by Gasteiger charge is 2.15. The zero-order chi connectivity index (χ0) is 13.9. The predicted octanol–water partition coefficient (Wildman–Crippen LogP) is 1.97. The van der Waals surface area contributed by atoms with Crippen molar-refractivity contribution in [3.63, 3.8) is 0 Å². The third-order valence-corrected chi connectivity index (χ3v) is 3.29. The van der Waals surface area contributed by atoms with E-state index in [1.54, 1.807) is 0 Å². The van der Waals surface area contributed by atoms with E-state index in [1.165, 1.54) is 5.56 Å². The second-order valence-corrected chi connectivity index (χ2v) is 4.82. The van der Waals surface area contributed by atoms with Gasteiger partial charge in [-0.2, -0.15) is 5.10 Å². The van der Waals surface area contributed by atoms with E-state index < -0.39 is 0 Å². The quantitative estimate of drug-likeness (QED) is 0.925. The highest BCUT2D eigenvalue weighted by molar-refractivity contribution is 5.66. The minimum absolute atomic E-state index is 0.600. The summed E-state index contributed by atoms with van der Waals surface area (Å²) < 4.78 is 13.0. The fraction of sp³-hybridized carbons (Fsp3) is 0.400. The van der Waals surface area contributed by atoms with Crippen LogP contribution in [0.15, 0.2) is 24.4 Å². The number of hydrogen-bond acceptors (Lipinski definition) is 4. The molecule has 1 aromatic heterocycles. The van der Waals surface area contributed by atoms with Crippen LogP contribution in [0.5, 0.6) is 11.5 Å². The van der Waals surface area contributed by atoms with Gasteiger partial charge in [-0.3, -0.25) is 4.68 Å². The molecule has 0 spiro atoms. The highest BCUT2D eigenvalue weighted by Crippen LogP contribution is 2.34. The van der Waals surface area contributed by atoms with Crippen molar-refractivity contribution in [3.05, 3.63) is 30.0 Å². The first-order valence-electron chi connectivity index (χ1n) is 6.91. The number of hydrogen-bond donors (Lipinski definition) is 1. The largest absolute Gasteiger partial charge is 0.486 e. The first-order valence-corrected chi connectivity index (χ1v) is 6.91. The molecule has 0 unspecified atom stereocenters. The lowest BCUT2D eigenvalue weighted by atomic mass is 10.1. The summed E-state index contributed by atoms with van der Waals surface area (Å²) in [6.45, 7) is 5.06. The van der Waals surface area contributed by atoms with Crippen molar-refractivity contribution in [2.75, 3.05) is 19.8 Å². The topological polar surface area (TPSA) is 48.3 Å². The van der Waals surface area contributed by atoms with Gasteiger partial charge in [-0.15, -0.1) is 0 Å². The van der Waals surface area contributed by atoms with Gasteiger partial charge in [0.05, 0.1) is 5.69 Å². The fourth-order valence-corrected chi connectivity index (χ4v) is 2.36. The summed E-state index contributed by atoms with van der Waals surface area (Å²) in [5, 5.41) is 7.90. The molecule has 1 aromatic carbocycles. The maximum atomic E-state index is 5.64. The van der Waals surface area contributed by atoms with Gasteiger partial charge < -0.3 is 14.8 Å². The van der Waals surface area contributed by atoms with Crippen molar-refractivity contribution in [3.8, 4) is 22.8 Å². The maximum absolute atomic E-state index is 5.64. The molecule has 0 bridgehead atoms. The highest BCUT2D eigenvalue weighted by atomic mass is 16.6. The van der Waals surface area contributed by atoms with Crippen molar-refractivity contribution >= 4 is 0 Å². The Morgan fingerprint density at radius 3 is 2.85 bits per heavy atom. The Labute approximate surface area is 118 Å². The summed E-state index contributed by atoms with van der Waals surface area (Å²) in [5.41, 5.74) is 3.24. The summed E-state index contributed by atoms with van der Waals surface area (Å²) in [6, 6.07) is 5.99. The van der Waals surface area contributed by atoms with Crippen LogP contribution in [0.3, 0.4) is 0 Å². The molecule has 106 valence electrons. The molecule has 0 radical (unpaired) electrons. The van der Waals surface area contributed by atoms with Gasteiger partial charge in [0.1, 0.15) is 13.2 Å². The van der Waals surface area contributed by atoms with Crippen molar-refractivity contribution in [2.45, 2.75) is 13.5 Å². The smallest absolute Gasteiger partial charge is 0.162 e. The Hall–Kier alpha value is -2.01. The normalized spacial score (nSPS) is 13.5. The molecular weight excluding hydrogens is 254 g/mol. The summed E-state index contributed by atoms with van der Waals surface area (Å²) in [5.74, 6) is 1.61. The SMILES string of the molecule is CCNCc1cn(C)nc1-c1ccc2c(c1)OCCO2. The number of rotatable bonds is 4. The molecule has 0 fully saturated rings. The zero-order valence-corrected chi connectivity index (χ0v) is 11.8. The monoisotopic (exact) mass is 273 g/mol. The molecule has 1 aliphatic rings.